The number of β-lactam (4-membered cyclic amide) rings is 1. The molecule has 0 aromatic carbocycles. The molecule has 2 saturated heterocycles. The molecule has 2 aliphatic heterocycles. The molecular weight excluding hydrogens is 306 g/mol. The smallest absolute Gasteiger partial charge is 0.327 e. The summed E-state index contributed by atoms with van der Waals surface area (Å²) in [5.74, 6) is -1.82. The molecule has 0 aliphatic carbocycles. The number of rotatable bonds is 5. The van der Waals surface area contributed by atoms with E-state index in [-0.39, 0.29) is 11.3 Å². The summed E-state index contributed by atoms with van der Waals surface area (Å²) in [4.78, 5) is 36.9. The van der Waals surface area contributed by atoms with E-state index in [1.165, 1.54) is 16.7 Å². The molecule has 4 N–H and O–H groups in total. The summed E-state index contributed by atoms with van der Waals surface area (Å²) in [5, 5.41) is 11.6. The van der Waals surface area contributed by atoms with Gasteiger partial charge in [0.15, 0.2) is 0 Å². The monoisotopic (exact) mass is 327 g/mol. The van der Waals surface area contributed by atoms with E-state index in [9.17, 15) is 19.5 Å². The number of nitrogens with one attached hydrogen (secondary N) is 1. The predicted octanol–water partition coefficient (Wildman–Crippen LogP) is -0.0884. The van der Waals surface area contributed by atoms with Gasteiger partial charge in [-0.15, -0.1) is 11.8 Å². The van der Waals surface area contributed by atoms with Crippen molar-refractivity contribution in [1.82, 2.24) is 10.2 Å². The van der Waals surface area contributed by atoms with Crippen LogP contribution in [0.3, 0.4) is 0 Å². The minimum atomic E-state index is -1.03. The first kappa shape index (κ1) is 16.8. The van der Waals surface area contributed by atoms with Gasteiger partial charge in [-0.25, -0.2) is 4.79 Å². The Kier molecular flexibility index (Phi) is 4.53. The molecular formula is C14H21N3O4S. The van der Waals surface area contributed by atoms with Crippen LogP contribution in [0.2, 0.25) is 0 Å². The number of fused-ring (bicyclic) bond motifs is 1. The lowest BCUT2D eigenvalue weighted by atomic mass is 9.96. The van der Waals surface area contributed by atoms with Crippen molar-refractivity contribution in [1.29, 1.82) is 0 Å². The zero-order valence-corrected chi connectivity index (χ0v) is 13.6. The van der Waals surface area contributed by atoms with Crippen LogP contribution in [0, 0.1) is 0 Å². The molecule has 0 radical (unpaired) electrons. The number of hydrogen-bond acceptors (Lipinski definition) is 5. The van der Waals surface area contributed by atoms with E-state index < -0.39 is 34.7 Å². The topological polar surface area (TPSA) is 113 Å². The number of amides is 2. The van der Waals surface area contributed by atoms with E-state index in [0.29, 0.717) is 0 Å². The van der Waals surface area contributed by atoms with Crippen LogP contribution in [0.15, 0.2) is 12.2 Å². The van der Waals surface area contributed by atoms with Gasteiger partial charge >= 0.3 is 5.97 Å². The molecule has 2 fully saturated rings. The van der Waals surface area contributed by atoms with E-state index in [1.807, 2.05) is 6.92 Å². The number of hydrogen-bond donors (Lipinski definition) is 3. The first-order valence-corrected chi connectivity index (χ1v) is 8.04. The third kappa shape index (κ3) is 2.72. The summed E-state index contributed by atoms with van der Waals surface area (Å²) in [6, 6.07) is -2.39. The Morgan fingerprint density at radius 2 is 2.18 bits per heavy atom. The summed E-state index contributed by atoms with van der Waals surface area (Å²) < 4.78 is -0.601. The van der Waals surface area contributed by atoms with Gasteiger partial charge in [-0.05, 0) is 20.3 Å². The van der Waals surface area contributed by atoms with Gasteiger partial charge in [-0.3, -0.25) is 9.59 Å². The number of aliphatic carboxylic acids is 1. The third-order valence-electron chi connectivity index (χ3n) is 3.85. The highest BCUT2D eigenvalue weighted by atomic mass is 32.2. The molecule has 7 nitrogen and oxygen atoms in total. The Balaban J connectivity index is 2.06. The molecule has 8 heteroatoms. The Bertz CT molecular complexity index is 534. The van der Waals surface area contributed by atoms with Gasteiger partial charge < -0.3 is 21.1 Å². The third-order valence-corrected chi connectivity index (χ3v) is 5.43. The van der Waals surface area contributed by atoms with E-state index in [2.05, 4.69) is 5.32 Å². The van der Waals surface area contributed by atoms with Crippen LogP contribution >= 0.6 is 11.8 Å². The van der Waals surface area contributed by atoms with Gasteiger partial charge in [-0.2, -0.15) is 0 Å². The second-order valence-electron chi connectivity index (χ2n) is 5.95. The first-order chi connectivity index (χ1) is 10.2. The Labute approximate surface area is 133 Å². The first-order valence-electron chi connectivity index (χ1n) is 7.16. The van der Waals surface area contributed by atoms with Gasteiger partial charge in [0.05, 0.1) is 0 Å². The SMILES string of the molecule is CC/C=C/C(N)C(=O)N[C@H]1C(=O)N2[C@@H]1SC(C)(C)[C@@H]2C(=O)O. The van der Waals surface area contributed by atoms with Gasteiger partial charge in [0.2, 0.25) is 11.8 Å². The van der Waals surface area contributed by atoms with Gasteiger partial charge in [0, 0.05) is 4.75 Å². The zero-order chi connectivity index (χ0) is 16.7. The molecule has 0 spiro atoms. The Morgan fingerprint density at radius 1 is 1.55 bits per heavy atom. The van der Waals surface area contributed by atoms with Crippen molar-refractivity contribution in [2.24, 2.45) is 5.73 Å². The van der Waals surface area contributed by atoms with E-state index in [1.54, 1.807) is 26.0 Å². The maximum atomic E-state index is 12.2. The van der Waals surface area contributed by atoms with Crippen molar-refractivity contribution < 1.29 is 19.5 Å². The summed E-state index contributed by atoms with van der Waals surface area (Å²) in [5.41, 5.74) is 5.72. The Hall–Kier alpha value is -1.54. The highest BCUT2D eigenvalue weighted by Crippen LogP contribution is 2.50. The van der Waals surface area contributed by atoms with Crippen LogP contribution < -0.4 is 11.1 Å². The summed E-state index contributed by atoms with van der Waals surface area (Å²) in [6.07, 6.45) is 4.14. The maximum Gasteiger partial charge on any atom is 0.327 e. The minimum absolute atomic E-state index is 0.352. The second-order valence-corrected chi connectivity index (χ2v) is 7.72. The molecule has 2 rings (SSSR count). The van der Waals surface area contributed by atoms with Gasteiger partial charge in [-0.1, -0.05) is 19.1 Å². The second kappa shape index (κ2) is 5.92. The normalized spacial score (nSPS) is 30.8. The lowest BCUT2D eigenvalue weighted by Gasteiger charge is -2.43. The van der Waals surface area contributed by atoms with E-state index >= 15 is 0 Å². The fraction of sp³-hybridized carbons (Fsp3) is 0.643. The van der Waals surface area contributed by atoms with Crippen molar-refractivity contribution in [3.05, 3.63) is 12.2 Å². The maximum absolute atomic E-state index is 12.2. The zero-order valence-electron chi connectivity index (χ0n) is 12.8. The van der Waals surface area contributed by atoms with Crippen molar-refractivity contribution >= 4 is 29.5 Å². The van der Waals surface area contributed by atoms with Crippen LogP contribution in [0.25, 0.3) is 0 Å². The van der Waals surface area contributed by atoms with Crippen LogP contribution in [0.5, 0.6) is 0 Å². The highest BCUT2D eigenvalue weighted by molar-refractivity contribution is 8.01. The molecule has 2 heterocycles. The lowest BCUT2D eigenvalue weighted by molar-refractivity contribution is -0.161. The highest BCUT2D eigenvalue weighted by Gasteiger charge is 2.64. The molecule has 0 bridgehead atoms. The van der Waals surface area contributed by atoms with Crippen molar-refractivity contribution in [3.8, 4) is 0 Å². The lowest BCUT2D eigenvalue weighted by Crippen LogP contribution is -2.71. The van der Waals surface area contributed by atoms with E-state index in [4.69, 9.17) is 5.73 Å². The number of carboxylic acid groups (broad SMARTS) is 1. The number of thioether (sulfide) groups is 1. The summed E-state index contributed by atoms with van der Waals surface area (Å²) >= 11 is 1.39. The standard InChI is InChI=1S/C14H21N3O4S/c1-4-5-6-7(15)10(18)16-8-11(19)17-9(13(20)21)14(2,3)22-12(8)17/h5-9,12H,4,15H2,1-3H3,(H,16,18)(H,20,21)/b6-5+/t7?,8-,9-,12+/m0/s1. The molecule has 1 unspecified atom stereocenters. The van der Waals surface area contributed by atoms with Crippen molar-refractivity contribution in [2.75, 3.05) is 0 Å². The van der Waals surface area contributed by atoms with Crippen LogP contribution in [-0.4, -0.2) is 56.0 Å². The fourth-order valence-corrected chi connectivity index (χ4v) is 4.39. The molecule has 0 aromatic heterocycles. The number of allylic oxidation sites excluding steroid dienone is 1. The predicted molar refractivity (Wildman–Crippen MR) is 83.1 cm³/mol. The number of nitrogens with two attached hydrogens (primary N) is 1. The largest absolute Gasteiger partial charge is 0.480 e. The molecule has 2 aliphatic rings. The summed E-state index contributed by atoms with van der Waals surface area (Å²) in [6.45, 7) is 5.51. The summed E-state index contributed by atoms with van der Waals surface area (Å²) in [7, 11) is 0. The number of carbonyl (C=O) groups is 3. The molecule has 0 aromatic rings. The van der Waals surface area contributed by atoms with Crippen molar-refractivity contribution in [3.63, 3.8) is 0 Å². The van der Waals surface area contributed by atoms with Gasteiger partial charge in [0.25, 0.3) is 0 Å². The van der Waals surface area contributed by atoms with Gasteiger partial charge in [0.1, 0.15) is 23.5 Å². The number of carboxylic acids is 1. The number of nitrogens with zero attached hydrogens (tertiary/aromatic N) is 1. The van der Waals surface area contributed by atoms with Crippen LogP contribution in [-0.2, 0) is 14.4 Å². The molecule has 22 heavy (non-hydrogen) atoms. The number of carbonyl (C=O) groups excluding carboxylic acids is 2. The van der Waals surface area contributed by atoms with E-state index in [0.717, 1.165) is 6.42 Å². The van der Waals surface area contributed by atoms with Crippen LogP contribution in [0.1, 0.15) is 27.2 Å². The molecule has 2 amide bonds. The van der Waals surface area contributed by atoms with Crippen molar-refractivity contribution in [2.45, 2.75) is 55.4 Å². The average molecular weight is 327 g/mol. The fourth-order valence-electron chi connectivity index (χ4n) is 2.76. The quantitative estimate of drug-likeness (QED) is 0.480. The van der Waals surface area contributed by atoms with Crippen LogP contribution in [0.4, 0.5) is 0 Å². The molecule has 122 valence electrons. The Morgan fingerprint density at radius 3 is 2.73 bits per heavy atom. The molecule has 0 saturated carbocycles. The minimum Gasteiger partial charge on any atom is -0.480 e. The average Bonchev–Trinajstić information content (AvgIpc) is 2.70. The molecule has 4 atom stereocenters.